The van der Waals surface area contributed by atoms with Crippen LogP contribution in [-0.2, 0) is 9.59 Å². The molecule has 2 heterocycles. The van der Waals surface area contributed by atoms with Crippen LogP contribution in [0.2, 0.25) is 0 Å². The number of amides is 2. The van der Waals surface area contributed by atoms with Gasteiger partial charge in [-0.05, 0) is 48.2 Å². The number of ether oxygens (including phenoxy) is 2. The van der Waals surface area contributed by atoms with E-state index >= 15 is 0 Å². The molecule has 0 unspecified atom stereocenters. The van der Waals surface area contributed by atoms with Crippen LogP contribution in [-0.4, -0.2) is 26.0 Å². The lowest BCUT2D eigenvalue weighted by Gasteiger charge is -2.18. The van der Waals surface area contributed by atoms with E-state index in [1.807, 2.05) is 42.6 Å². The van der Waals surface area contributed by atoms with Gasteiger partial charge in [0.25, 0.3) is 11.8 Å². The van der Waals surface area contributed by atoms with Crippen LogP contribution in [0, 0.1) is 6.92 Å². The first kappa shape index (κ1) is 19.7. The van der Waals surface area contributed by atoms with Gasteiger partial charge in [-0.3, -0.25) is 9.59 Å². The molecule has 7 heteroatoms. The summed E-state index contributed by atoms with van der Waals surface area (Å²) < 4.78 is 10.8. The Kier molecular flexibility index (Phi) is 5.29. The Morgan fingerprint density at radius 2 is 1.67 bits per heavy atom. The molecule has 0 atom stereocenters. The SMILES string of the molecule is COc1ccc(C)cc1NC1=C(c2cccs2)C(=O)N(c2ccccc2OC)C1=O. The monoisotopic (exact) mass is 420 g/mol. The van der Waals surface area contributed by atoms with Gasteiger partial charge >= 0.3 is 0 Å². The van der Waals surface area contributed by atoms with Crippen LogP contribution in [0.5, 0.6) is 11.5 Å². The minimum atomic E-state index is -0.448. The Morgan fingerprint density at radius 1 is 0.900 bits per heavy atom. The lowest BCUT2D eigenvalue weighted by Crippen LogP contribution is -2.32. The van der Waals surface area contributed by atoms with Crippen LogP contribution in [0.15, 0.2) is 65.7 Å². The van der Waals surface area contributed by atoms with E-state index in [4.69, 9.17) is 9.47 Å². The third-order valence-corrected chi connectivity index (χ3v) is 5.68. The van der Waals surface area contributed by atoms with Crippen LogP contribution in [0.1, 0.15) is 10.4 Å². The number of thiophene rings is 1. The first-order valence-corrected chi connectivity index (χ1v) is 10.1. The number of benzene rings is 2. The highest BCUT2D eigenvalue weighted by atomic mass is 32.1. The molecule has 0 bridgehead atoms. The summed E-state index contributed by atoms with van der Waals surface area (Å²) in [5, 5.41) is 5.04. The minimum absolute atomic E-state index is 0.206. The van der Waals surface area contributed by atoms with Crippen LogP contribution in [0.4, 0.5) is 11.4 Å². The highest BCUT2D eigenvalue weighted by Crippen LogP contribution is 2.39. The van der Waals surface area contributed by atoms with Crippen molar-refractivity contribution in [1.82, 2.24) is 0 Å². The lowest BCUT2D eigenvalue weighted by molar-refractivity contribution is -0.120. The average molecular weight is 420 g/mol. The van der Waals surface area contributed by atoms with E-state index in [1.165, 1.54) is 18.4 Å². The van der Waals surface area contributed by atoms with E-state index in [0.717, 1.165) is 10.5 Å². The molecule has 1 aliphatic rings. The molecule has 152 valence electrons. The Hall–Kier alpha value is -3.58. The van der Waals surface area contributed by atoms with Crippen molar-refractivity contribution in [2.24, 2.45) is 0 Å². The second kappa shape index (κ2) is 8.04. The molecular formula is C23H20N2O4S. The zero-order valence-electron chi connectivity index (χ0n) is 16.8. The molecule has 0 radical (unpaired) electrons. The number of methoxy groups -OCH3 is 2. The van der Waals surface area contributed by atoms with Gasteiger partial charge in [0, 0.05) is 4.88 Å². The van der Waals surface area contributed by atoms with Crippen LogP contribution in [0.25, 0.3) is 5.57 Å². The van der Waals surface area contributed by atoms with Crippen LogP contribution < -0.4 is 19.7 Å². The number of carbonyl (C=O) groups is 2. The Balaban J connectivity index is 1.84. The number of hydrogen-bond donors (Lipinski definition) is 1. The molecule has 0 saturated heterocycles. The molecule has 1 N–H and O–H groups in total. The molecule has 1 aromatic heterocycles. The summed E-state index contributed by atoms with van der Waals surface area (Å²) in [4.78, 5) is 28.8. The number of nitrogens with one attached hydrogen (secondary N) is 1. The number of imide groups is 1. The topological polar surface area (TPSA) is 67.9 Å². The predicted octanol–water partition coefficient (Wildman–Crippen LogP) is 4.47. The number of nitrogens with zero attached hydrogens (tertiary/aromatic N) is 1. The summed E-state index contributed by atoms with van der Waals surface area (Å²) in [6.45, 7) is 1.95. The highest BCUT2D eigenvalue weighted by molar-refractivity contribution is 7.11. The second-order valence-corrected chi connectivity index (χ2v) is 7.62. The summed E-state index contributed by atoms with van der Waals surface area (Å²) in [5.41, 5.74) is 2.54. The van der Waals surface area contributed by atoms with E-state index < -0.39 is 11.8 Å². The molecule has 1 aliphatic heterocycles. The molecule has 2 aromatic carbocycles. The van der Waals surface area contributed by atoms with Gasteiger partial charge in [-0.15, -0.1) is 11.3 Å². The summed E-state index contributed by atoms with van der Waals surface area (Å²) in [6.07, 6.45) is 0. The third-order valence-electron chi connectivity index (χ3n) is 4.79. The second-order valence-electron chi connectivity index (χ2n) is 6.67. The fourth-order valence-corrected chi connectivity index (χ4v) is 4.15. The number of anilines is 2. The summed E-state index contributed by atoms with van der Waals surface area (Å²) in [6, 6.07) is 16.3. The zero-order valence-corrected chi connectivity index (χ0v) is 17.6. The Bertz CT molecular complexity index is 1150. The normalized spacial score (nSPS) is 13.8. The molecule has 30 heavy (non-hydrogen) atoms. The van der Waals surface area contributed by atoms with Gasteiger partial charge in [0.1, 0.15) is 17.2 Å². The smallest absolute Gasteiger partial charge is 0.282 e. The van der Waals surface area contributed by atoms with Crippen molar-refractivity contribution in [3.63, 3.8) is 0 Å². The molecule has 3 aromatic rings. The number of aryl methyl sites for hydroxylation is 1. The molecule has 0 saturated carbocycles. The maximum atomic E-state index is 13.5. The quantitative estimate of drug-likeness (QED) is 0.596. The maximum Gasteiger partial charge on any atom is 0.282 e. The summed E-state index contributed by atoms with van der Waals surface area (Å²) in [5.74, 6) is 0.172. The highest BCUT2D eigenvalue weighted by Gasteiger charge is 2.42. The standard InChI is InChI=1S/C23H20N2O4S/c1-14-10-11-17(28-2)15(13-14)24-21-20(19-9-6-12-30-19)22(26)25(23(21)27)16-7-4-5-8-18(16)29-3/h4-13,24H,1-3H3. The lowest BCUT2D eigenvalue weighted by atomic mass is 10.1. The van der Waals surface area contributed by atoms with Gasteiger partial charge in [0.15, 0.2) is 0 Å². The minimum Gasteiger partial charge on any atom is -0.495 e. The Morgan fingerprint density at radius 3 is 2.37 bits per heavy atom. The van der Waals surface area contributed by atoms with Crippen molar-refractivity contribution >= 4 is 40.1 Å². The van der Waals surface area contributed by atoms with Crippen molar-refractivity contribution in [3.8, 4) is 11.5 Å². The van der Waals surface area contributed by atoms with Gasteiger partial charge in [-0.1, -0.05) is 24.3 Å². The van der Waals surface area contributed by atoms with Crippen LogP contribution >= 0.6 is 11.3 Å². The first-order valence-electron chi connectivity index (χ1n) is 9.26. The molecule has 4 rings (SSSR count). The van der Waals surface area contributed by atoms with Gasteiger partial charge in [-0.25, -0.2) is 4.90 Å². The zero-order chi connectivity index (χ0) is 21.3. The fourth-order valence-electron chi connectivity index (χ4n) is 3.38. The number of rotatable bonds is 6. The number of para-hydroxylation sites is 2. The summed E-state index contributed by atoms with van der Waals surface area (Å²) in [7, 11) is 3.07. The van der Waals surface area contributed by atoms with Gasteiger partial charge in [0.2, 0.25) is 0 Å². The molecule has 0 spiro atoms. The predicted molar refractivity (Wildman–Crippen MR) is 118 cm³/mol. The van der Waals surface area contributed by atoms with Crippen molar-refractivity contribution < 1.29 is 19.1 Å². The number of carbonyl (C=O) groups excluding carboxylic acids is 2. The van der Waals surface area contributed by atoms with Gasteiger partial charge in [-0.2, -0.15) is 0 Å². The maximum absolute atomic E-state index is 13.5. The number of hydrogen-bond acceptors (Lipinski definition) is 6. The van der Waals surface area contributed by atoms with Crippen molar-refractivity contribution in [3.05, 3.63) is 76.1 Å². The van der Waals surface area contributed by atoms with Gasteiger partial charge in [0.05, 0.1) is 31.2 Å². The van der Waals surface area contributed by atoms with E-state index in [-0.39, 0.29) is 5.70 Å². The average Bonchev–Trinajstić information content (AvgIpc) is 3.35. The van der Waals surface area contributed by atoms with Gasteiger partial charge < -0.3 is 14.8 Å². The first-order chi connectivity index (χ1) is 14.5. The largest absolute Gasteiger partial charge is 0.495 e. The van der Waals surface area contributed by atoms with E-state index in [1.54, 1.807) is 31.4 Å². The molecule has 2 amide bonds. The molecule has 0 aliphatic carbocycles. The molecule has 0 fully saturated rings. The van der Waals surface area contributed by atoms with Crippen molar-refractivity contribution in [2.45, 2.75) is 6.92 Å². The third kappa shape index (κ3) is 3.33. The van der Waals surface area contributed by atoms with E-state index in [9.17, 15) is 9.59 Å². The fraction of sp³-hybridized carbons (Fsp3) is 0.130. The van der Waals surface area contributed by atoms with Crippen molar-refractivity contribution in [2.75, 3.05) is 24.4 Å². The van der Waals surface area contributed by atoms with Crippen LogP contribution in [0.3, 0.4) is 0 Å². The van der Waals surface area contributed by atoms with E-state index in [0.29, 0.717) is 33.3 Å². The molecular weight excluding hydrogens is 400 g/mol. The van der Waals surface area contributed by atoms with Crippen molar-refractivity contribution in [1.29, 1.82) is 0 Å². The Labute approximate surface area is 178 Å². The van der Waals surface area contributed by atoms with E-state index in [2.05, 4.69) is 5.32 Å². The molecule has 6 nitrogen and oxygen atoms in total. The summed E-state index contributed by atoms with van der Waals surface area (Å²) >= 11 is 1.40.